The number of carbonyl (C=O) groups is 1. The molecule has 0 aliphatic rings. The molecule has 0 aromatic heterocycles. The van der Waals surface area contributed by atoms with Crippen molar-refractivity contribution in [1.82, 2.24) is 0 Å². The Labute approximate surface area is 181 Å². The van der Waals surface area contributed by atoms with E-state index in [1.165, 1.54) is 31.2 Å². The van der Waals surface area contributed by atoms with E-state index in [-0.39, 0.29) is 11.7 Å². The minimum Gasteiger partial charge on any atom is -0.455 e. The number of halogens is 4. The van der Waals surface area contributed by atoms with E-state index in [4.69, 9.17) is 16.3 Å². The number of benzene rings is 3. The molecule has 0 saturated carbocycles. The summed E-state index contributed by atoms with van der Waals surface area (Å²) in [4.78, 5) is 11.4. The first-order valence-electron chi connectivity index (χ1n) is 9.12. The van der Waals surface area contributed by atoms with Gasteiger partial charge in [-0.2, -0.15) is 0 Å². The predicted octanol–water partition coefficient (Wildman–Crippen LogP) is 6.60. The van der Waals surface area contributed by atoms with Crippen molar-refractivity contribution < 1.29 is 27.4 Å². The van der Waals surface area contributed by atoms with Gasteiger partial charge in [-0.15, -0.1) is 13.2 Å². The fraction of sp³-hybridized carbons (Fsp3) is 0.136. The van der Waals surface area contributed by atoms with E-state index in [2.05, 4.69) is 15.4 Å². The number of hydrogen-bond acceptors (Lipinski definition) is 4. The number of para-hydroxylation sites is 2. The molecule has 0 bridgehead atoms. The SMILES string of the molecule is CC(=O)Nc1ccc(Cl)cc1CNc1ccccc1Oc1ccc(OC(F)(F)F)cc1. The summed E-state index contributed by atoms with van der Waals surface area (Å²) in [5.74, 6) is 0.267. The van der Waals surface area contributed by atoms with Crippen molar-refractivity contribution in [1.29, 1.82) is 0 Å². The van der Waals surface area contributed by atoms with E-state index >= 15 is 0 Å². The van der Waals surface area contributed by atoms with Gasteiger partial charge in [0.05, 0.1) is 5.69 Å². The maximum absolute atomic E-state index is 12.3. The Kier molecular flexibility index (Phi) is 6.91. The van der Waals surface area contributed by atoms with Gasteiger partial charge in [0.2, 0.25) is 5.91 Å². The molecular weight excluding hydrogens is 433 g/mol. The third-order valence-corrected chi connectivity index (χ3v) is 4.25. The number of rotatable bonds is 7. The summed E-state index contributed by atoms with van der Waals surface area (Å²) in [6.45, 7) is 1.76. The molecule has 31 heavy (non-hydrogen) atoms. The van der Waals surface area contributed by atoms with Gasteiger partial charge in [0.1, 0.15) is 11.5 Å². The number of alkyl halides is 3. The molecule has 0 fully saturated rings. The van der Waals surface area contributed by atoms with Crippen LogP contribution in [0.15, 0.2) is 66.7 Å². The van der Waals surface area contributed by atoms with Crippen molar-refractivity contribution in [2.45, 2.75) is 19.8 Å². The summed E-state index contributed by atoms with van der Waals surface area (Å²) in [6, 6.07) is 17.3. The lowest BCUT2D eigenvalue weighted by atomic mass is 10.1. The van der Waals surface area contributed by atoms with Crippen LogP contribution in [-0.2, 0) is 11.3 Å². The Bertz CT molecular complexity index is 1060. The van der Waals surface area contributed by atoms with Crippen LogP contribution in [0.1, 0.15) is 12.5 Å². The summed E-state index contributed by atoms with van der Waals surface area (Å²) >= 11 is 6.08. The van der Waals surface area contributed by atoms with Gasteiger partial charge in [-0.05, 0) is 60.2 Å². The van der Waals surface area contributed by atoms with Crippen LogP contribution in [0.4, 0.5) is 24.5 Å². The van der Waals surface area contributed by atoms with Crippen LogP contribution in [0.3, 0.4) is 0 Å². The highest BCUT2D eigenvalue weighted by atomic mass is 35.5. The maximum atomic E-state index is 12.3. The molecule has 0 aliphatic heterocycles. The Hall–Kier alpha value is -3.39. The number of carbonyl (C=O) groups excluding carboxylic acids is 1. The Morgan fingerprint density at radius 1 is 0.968 bits per heavy atom. The largest absolute Gasteiger partial charge is 0.573 e. The highest BCUT2D eigenvalue weighted by Gasteiger charge is 2.31. The molecule has 0 unspecified atom stereocenters. The fourth-order valence-corrected chi connectivity index (χ4v) is 2.94. The van der Waals surface area contributed by atoms with Crippen molar-refractivity contribution in [2.24, 2.45) is 0 Å². The van der Waals surface area contributed by atoms with Gasteiger partial charge < -0.3 is 20.1 Å². The molecule has 0 spiro atoms. The van der Waals surface area contributed by atoms with Crippen LogP contribution in [0.25, 0.3) is 0 Å². The Morgan fingerprint density at radius 3 is 2.32 bits per heavy atom. The van der Waals surface area contributed by atoms with Crippen molar-refractivity contribution in [2.75, 3.05) is 10.6 Å². The highest BCUT2D eigenvalue weighted by molar-refractivity contribution is 6.30. The first-order chi connectivity index (χ1) is 14.7. The molecule has 3 rings (SSSR count). The second kappa shape index (κ2) is 9.61. The van der Waals surface area contributed by atoms with Crippen molar-refractivity contribution in [3.8, 4) is 17.2 Å². The fourth-order valence-electron chi connectivity index (χ4n) is 2.75. The normalized spacial score (nSPS) is 11.0. The van der Waals surface area contributed by atoms with Gasteiger partial charge >= 0.3 is 6.36 Å². The smallest absolute Gasteiger partial charge is 0.455 e. The molecule has 3 aromatic rings. The summed E-state index contributed by atoms with van der Waals surface area (Å²) in [6.07, 6.45) is -4.75. The van der Waals surface area contributed by atoms with E-state index < -0.39 is 6.36 Å². The third kappa shape index (κ3) is 6.82. The summed E-state index contributed by atoms with van der Waals surface area (Å²) in [7, 11) is 0. The summed E-state index contributed by atoms with van der Waals surface area (Å²) < 4.78 is 46.6. The van der Waals surface area contributed by atoms with Crippen LogP contribution < -0.4 is 20.1 Å². The first kappa shape index (κ1) is 22.3. The summed E-state index contributed by atoms with van der Waals surface area (Å²) in [5.41, 5.74) is 2.04. The lowest BCUT2D eigenvalue weighted by Gasteiger charge is -2.15. The van der Waals surface area contributed by atoms with Crippen LogP contribution in [0.2, 0.25) is 5.02 Å². The number of ether oxygens (including phenoxy) is 2. The zero-order valence-corrected chi connectivity index (χ0v) is 17.1. The van der Waals surface area contributed by atoms with Gasteiger partial charge in [0.25, 0.3) is 0 Å². The van der Waals surface area contributed by atoms with Gasteiger partial charge in [0, 0.05) is 24.2 Å². The molecular formula is C22H18ClF3N2O3. The molecule has 5 nitrogen and oxygen atoms in total. The first-order valence-corrected chi connectivity index (χ1v) is 9.50. The maximum Gasteiger partial charge on any atom is 0.573 e. The monoisotopic (exact) mass is 450 g/mol. The number of amides is 1. The Balaban J connectivity index is 1.73. The van der Waals surface area contributed by atoms with Crippen LogP contribution >= 0.6 is 11.6 Å². The quantitative estimate of drug-likeness (QED) is 0.425. The van der Waals surface area contributed by atoms with Crippen LogP contribution in [0.5, 0.6) is 17.2 Å². The van der Waals surface area contributed by atoms with E-state index in [1.54, 1.807) is 36.4 Å². The summed E-state index contributed by atoms with van der Waals surface area (Å²) in [5, 5.41) is 6.50. The van der Waals surface area contributed by atoms with Gasteiger partial charge in [0.15, 0.2) is 5.75 Å². The Morgan fingerprint density at radius 2 is 1.65 bits per heavy atom. The zero-order valence-electron chi connectivity index (χ0n) is 16.3. The van der Waals surface area contributed by atoms with Crippen molar-refractivity contribution in [3.05, 3.63) is 77.3 Å². The lowest BCUT2D eigenvalue weighted by Crippen LogP contribution is -2.16. The molecule has 1 amide bonds. The minimum absolute atomic E-state index is 0.203. The number of anilines is 2. The molecule has 0 saturated heterocycles. The molecule has 162 valence electrons. The standard InChI is InChI=1S/C22H18ClF3N2O3/c1-14(29)28-19-11-6-16(23)12-15(19)13-27-20-4-2-3-5-21(20)30-17-7-9-18(10-8-17)31-22(24,25)26/h2-12,27H,13H2,1H3,(H,28,29). The molecule has 2 N–H and O–H groups in total. The van der Waals surface area contributed by atoms with Gasteiger partial charge in [-0.25, -0.2) is 0 Å². The topological polar surface area (TPSA) is 59.6 Å². The van der Waals surface area contributed by atoms with Crippen molar-refractivity contribution in [3.63, 3.8) is 0 Å². The molecule has 3 aromatic carbocycles. The third-order valence-electron chi connectivity index (χ3n) is 4.02. The van der Waals surface area contributed by atoms with Crippen LogP contribution in [0, 0.1) is 0 Å². The number of hydrogen-bond donors (Lipinski definition) is 2. The van der Waals surface area contributed by atoms with Crippen molar-refractivity contribution >= 4 is 28.9 Å². The highest BCUT2D eigenvalue weighted by Crippen LogP contribution is 2.32. The van der Waals surface area contributed by atoms with Crippen LogP contribution in [-0.4, -0.2) is 12.3 Å². The van der Waals surface area contributed by atoms with E-state index in [0.717, 1.165) is 5.56 Å². The second-order valence-electron chi connectivity index (χ2n) is 6.45. The van der Waals surface area contributed by atoms with E-state index in [9.17, 15) is 18.0 Å². The predicted molar refractivity (Wildman–Crippen MR) is 113 cm³/mol. The van der Waals surface area contributed by atoms with Gasteiger partial charge in [-0.3, -0.25) is 4.79 Å². The zero-order chi connectivity index (χ0) is 22.4. The van der Waals surface area contributed by atoms with E-state index in [0.29, 0.717) is 34.4 Å². The second-order valence-corrected chi connectivity index (χ2v) is 6.89. The van der Waals surface area contributed by atoms with Gasteiger partial charge in [-0.1, -0.05) is 23.7 Å². The van der Waals surface area contributed by atoms with E-state index in [1.807, 2.05) is 6.07 Å². The molecule has 0 heterocycles. The minimum atomic E-state index is -4.75. The molecule has 9 heteroatoms. The lowest BCUT2D eigenvalue weighted by molar-refractivity contribution is -0.274. The molecule has 0 radical (unpaired) electrons. The average Bonchev–Trinajstić information content (AvgIpc) is 2.69. The molecule has 0 atom stereocenters. The number of nitrogens with one attached hydrogen (secondary N) is 2. The molecule has 0 aliphatic carbocycles. The average molecular weight is 451 g/mol.